The molecule has 7 heteroatoms. The minimum Gasteiger partial charge on any atom is -0.388 e. The van der Waals surface area contributed by atoms with Gasteiger partial charge in [-0.3, -0.25) is 14.4 Å². The van der Waals surface area contributed by atoms with Crippen molar-refractivity contribution in [2.45, 2.75) is 45.1 Å². The molecule has 1 heterocycles. The van der Waals surface area contributed by atoms with Crippen LogP contribution in [0.1, 0.15) is 54.9 Å². The molecule has 1 saturated heterocycles. The molecule has 1 saturated carbocycles. The van der Waals surface area contributed by atoms with Gasteiger partial charge in [0.25, 0.3) is 0 Å². The maximum absolute atomic E-state index is 13.1. The first kappa shape index (κ1) is 23.4. The highest BCUT2D eigenvalue weighted by molar-refractivity contribution is 5.93. The van der Waals surface area contributed by atoms with E-state index in [1.807, 2.05) is 30.2 Å². The van der Waals surface area contributed by atoms with Crippen molar-refractivity contribution in [1.29, 1.82) is 0 Å². The molecule has 3 unspecified atom stereocenters. The van der Waals surface area contributed by atoms with E-state index in [-0.39, 0.29) is 17.7 Å². The van der Waals surface area contributed by atoms with Gasteiger partial charge >= 0.3 is 0 Å². The lowest BCUT2D eigenvalue weighted by Gasteiger charge is -2.25. The minimum atomic E-state index is -0.493. The van der Waals surface area contributed by atoms with Crippen molar-refractivity contribution in [2.24, 2.45) is 17.6 Å². The largest absolute Gasteiger partial charge is 0.388 e. The Kier molecular flexibility index (Phi) is 8.32. The third kappa shape index (κ3) is 6.88. The average Bonchev–Trinajstić information content (AvgIpc) is 3.40. The summed E-state index contributed by atoms with van der Waals surface area (Å²) in [7, 11) is 0. The standard InChI is InChI=1S/C25H32N4O3/c1-2-10-27-22-9-8-19(13-22)17-29(24(31)15-20-14-23(30)28-16-20)11-4-6-18-5-3-7-21(12-18)25(26)32/h2-3,5,7,10,12,19-20,22,27H,8-9,11,13-17H2,1H3,(H2,26,32)(H,28,30)/b10-2-. The van der Waals surface area contributed by atoms with Crippen LogP contribution in [0, 0.1) is 23.7 Å². The molecular weight excluding hydrogens is 404 g/mol. The first-order valence-electron chi connectivity index (χ1n) is 11.2. The van der Waals surface area contributed by atoms with E-state index in [1.54, 1.807) is 18.2 Å². The molecule has 0 spiro atoms. The monoisotopic (exact) mass is 436 g/mol. The summed E-state index contributed by atoms with van der Waals surface area (Å²) in [5.74, 6) is 6.17. The Morgan fingerprint density at radius 1 is 1.31 bits per heavy atom. The highest BCUT2D eigenvalue weighted by atomic mass is 16.2. The fourth-order valence-corrected chi connectivity index (χ4v) is 4.36. The van der Waals surface area contributed by atoms with Crippen molar-refractivity contribution >= 4 is 17.7 Å². The highest BCUT2D eigenvalue weighted by Gasteiger charge is 2.29. The van der Waals surface area contributed by atoms with Crippen LogP contribution in [0.5, 0.6) is 0 Å². The quantitative estimate of drug-likeness (QED) is 0.540. The second-order valence-corrected chi connectivity index (χ2v) is 8.64. The summed E-state index contributed by atoms with van der Waals surface area (Å²) < 4.78 is 0. The van der Waals surface area contributed by atoms with Gasteiger partial charge in [0.05, 0.1) is 6.54 Å². The number of hydrogen-bond acceptors (Lipinski definition) is 4. The number of carbonyl (C=O) groups excluding carboxylic acids is 3. The molecule has 32 heavy (non-hydrogen) atoms. The Morgan fingerprint density at radius 2 is 2.16 bits per heavy atom. The van der Waals surface area contributed by atoms with Crippen LogP contribution in [-0.2, 0) is 9.59 Å². The van der Waals surface area contributed by atoms with Gasteiger partial charge in [0.15, 0.2) is 0 Å². The molecule has 1 aromatic rings. The summed E-state index contributed by atoms with van der Waals surface area (Å²) in [5, 5.41) is 6.21. The Hall–Kier alpha value is -3.27. The lowest BCUT2D eigenvalue weighted by molar-refractivity contribution is -0.132. The molecule has 7 nitrogen and oxygen atoms in total. The third-order valence-corrected chi connectivity index (χ3v) is 6.05. The molecule has 4 N–H and O–H groups in total. The van der Waals surface area contributed by atoms with Crippen molar-refractivity contribution in [3.63, 3.8) is 0 Å². The maximum atomic E-state index is 13.1. The molecule has 1 aromatic carbocycles. The van der Waals surface area contributed by atoms with E-state index >= 15 is 0 Å². The topological polar surface area (TPSA) is 105 Å². The molecular formula is C25H32N4O3. The van der Waals surface area contributed by atoms with Crippen LogP contribution in [0.3, 0.4) is 0 Å². The van der Waals surface area contributed by atoms with Gasteiger partial charge in [-0.25, -0.2) is 0 Å². The summed E-state index contributed by atoms with van der Waals surface area (Å²) in [6.07, 6.45) is 7.90. The number of rotatable bonds is 8. The first-order valence-corrected chi connectivity index (χ1v) is 11.2. The Bertz CT molecular complexity index is 931. The maximum Gasteiger partial charge on any atom is 0.248 e. The SMILES string of the molecule is C/C=C\NC1CCC(CN(CC#Cc2cccc(C(N)=O)c2)C(=O)CC2CNC(=O)C2)C1. The number of nitrogens with zero attached hydrogens (tertiary/aromatic N) is 1. The smallest absolute Gasteiger partial charge is 0.248 e. The van der Waals surface area contributed by atoms with Gasteiger partial charge < -0.3 is 21.3 Å². The molecule has 2 aliphatic rings. The summed E-state index contributed by atoms with van der Waals surface area (Å²) in [6, 6.07) is 7.31. The molecule has 1 aliphatic heterocycles. The lowest BCUT2D eigenvalue weighted by Crippen LogP contribution is -2.37. The average molecular weight is 437 g/mol. The van der Waals surface area contributed by atoms with Gasteiger partial charge in [-0.15, -0.1) is 0 Å². The van der Waals surface area contributed by atoms with Gasteiger partial charge in [0.1, 0.15) is 0 Å². The highest BCUT2D eigenvalue weighted by Crippen LogP contribution is 2.27. The van der Waals surface area contributed by atoms with Gasteiger partial charge in [-0.05, 0) is 62.4 Å². The summed E-state index contributed by atoms with van der Waals surface area (Å²) >= 11 is 0. The summed E-state index contributed by atoms with van der Waals surface area (Å²) in [5.41, 5.74) is 6.44. The van der Waals surface area contributed by atoms with Crippen molar-refractivity contribution < 1.29 is 14.4 Å². The van der Waals surface area contributed by atoms with Crippen LogP contribution >= 0.6 is 0 Å². The van der Waals surface area contributed by atoms with E-state index in [4.69, 9.17) is 5.73 Å². The number of benzene rings is 1. The molecule has 0 aromatic heterocycles. The zero-order valence-electron chi connectivity index (χ0n) is 18.6. The van der Waals surface area contributed by atoms with Gasteiger partial charge in [0.2, 0.25) is 17.7 Å². The van der Waals surface area contributed by atoms with E-state index in [1.165, 1.54) is 0 Å². The second-order valence-electron chi connectivity index (χ2n) is 8.64. The van der Waals surface area contributed by atoms with Crippen LogP contribution in [0.25, 0.3) is 0 Å². The predicted molar refractivity (Wildman–Crippen MR) is 123 cm³/mol. The molecule has 3 rings (SSSR count). The van der Waals surface area contributed by atoms with E-state index < -0.39 is 5.91 Å². The van der Waals surface area contributed by atoms with E-state index in [9.17, 15) is 14.4 Å². The zero-order valence-corrected chi connectivity index (χ0v) is 18.6. The van der Waals surface area contributed by atoms with E-state index in [0.29, 0.717) is 55.6 Å². The Labute approximate surface area is 189 Å². The van der Waals surface area contributed by atoms with Gasteiger partial charge in [-0.1, -0.05) is 24.0 Å². The zero-order chi connectivity index (χ0) is 22.9. The lowest BCUT2D eigenvalue weighted by atomic mass is 10.0. The van der Waals surface area contributed by atoms with Crippen molar-refractivity contribution in [1.82, 2.24) is 15.5 Å². The van der Waals surface area contributed by atoms with E-state index in [2.05, 4.69) is 22.5 Å². The number of allylic oxidation sites excluding steroid dienone is 1. The molecule has 170 valence electrons. The van der Waals surface area contributed by atoms with Crippen LogP contribution in [-0.4, -0.2) is 48.3 Å². The molecule has 0 radical (unpaired) electrons. The van der Waals surface area contributed by atoms with Crippen molar-refractivity contribution in [3.8, 4) is 11.8 Å². The predicted octanol–water partition coefficient (Wildman–Crippen LogP) is 1.78. The fourth-order valence-electron chi connectivity index (χ4n) is 4.36. The molecule has 3 atom stereocenters. The number of carbonyl (C=O) groups is 3. The van der Waals surface area contributed by atoms with Crippen LogP contribution in [0.15, 0.2) is 36.5 Å². The number of amides is 3. The summed E-state index contributed by atoms with van der Waals surface area (Å²) in [6.45, 7) is 3.52. The summed E-state index contributed by atoms with van der Waals surface area (Å²) in [4.78, 5) is 37.8. The third-order valence-electron chi connectivity index (χ3n) is 6.05. The second kappa shape index (κ2) is 11.4. The van der Waals surface area contributed by atoms with Gasteiger partial charge in [-0.2, -0.15) is 0 Å². The normalized spacial score (nSPS) is 22.3. The van der Waals surface area contributed by atoms with Gasteiger partial charge in [0, 0.05) is 43.1 Å². The molecule has 1 aliphatic carbocycles. The number of hydrogen-bond donors (Lipinski definition) is 3. The van der Waals surface area contributed by atoms with Crippen LogP contribution in [0.2, 0.25) is 0 Å². The molecule has 3 amide bonds. The van der Waals surface area contributed by atoms with Crippen molar-refractivity contribution in [2.75, 3.05) is 19.6 Å². The molecule has 0 bridgehead atoms. The van der Waals surface area contributed by atoms with Crippen LogP contribution < -0.4 is 16.4 Å². The minimum absolute atomic E-state index is 0.0113. The molecule has 2 fully saturated rings. The Balaban J connectivity index is 1.65. The fraction of sp³-hybridized carbons (Fsp3) is 0.480. The van der Waals surface area contributed by atoms with Crippen molar-refractivity contribution in [3.05, 3.63) is 47.7 Å². The first-order chi connectivity index (χ1) is 15.4. The van der Waals surface area contributed by atoms with E-state index in [0.717, 1.165) is 19.3 Å². The Morgan fingerprint density at radius 3 is 2.88 bits per heavy atom. The van der Waals surface area contributed by atoms with Crippen LogP contribution in [0.4, 0.5) is 0 Å². The number of nitrogens with one attached hydrogen (secondary N) is 2. The number of primary amides is 1. The number of nitrogens with two attached hydrogens (primary N) is 1.